The number of rotatable bonds is 3. The van der Waals surface area contributed by atoms with E-state index in [-0.39, 0.29) is 34.5 Å². The van der Waals surface area contributed by atoms with Gasteiger partial charge in [-0.15, -0.1) is 0 Å². The first-order chi connectivity index (χ1) is 30.3. The lowest BCUT2D eigenvalue weighted by atomic mass is 9.72. The molecule has 0 heterocycles. The number of benzene rings is 7. The van der Waals surface area contributed by atoms with Crippen LogP contribution in [-0.4, -0.2) is 0 Å². The van der Waals surface area contributed by atoms with Crippen LogP contribution in [0.25, 0.3) is 44.5 Å². The second kappa shape index (κ2) is 12.9. The third-order valence-electron chi connectivity index (χ3n) is 15.5. The molecular weight excluding hydrogens is 780 g/mol. The third-order valence-corrected chi connectivity index (χ3v) is 15.5. The largest absolute Gasteiger partial charge is 0.416 e. The monoisotopic (exact) mass is 823 g/mol. The van der Waals surface area contributed by atoms with Crippen molar-refractivity contribution in [2.24, 2.45) is 5.92 Å². The third kappa shape index (κ3) is 5.11. The van der Waals surface area contributed by atoms with Crippen molar-refractivity contribution < 1.29 is 13.2 Å². The normalized spacial score (nSPS) is 20.8. The van der Waals surface area contributed by atoms with Crippen molar-refractivity contribution in [1.82, 2.24) is 0 Å². The Morgan fingerprint density at radius 3 is 1.84 bits per heavy atom. The minimum Gasteiger partial charge on any atom is -0.192 e. The Kier molecular flexibility index (Phi) is 7.80. The van der Waals surface area contributed by atoms with Crippen molar-refractivity contribution in [3.05, 3.63) is 224 Å². The standard InChI is InChI=1S/C59H44F3N/c1-32-25-45(55-39-21-8-6-17-35(39)41-27-43-37-19-10-12-23-49(37)57(2,3)51(43)29-46(41)55)48(31-63)54(33-15-14-16-34(26-33)59(60,61)62)53(32)56-40-22-9-7-18-36(40)42-28-44-38-20-11-13-24-50(38)58(4,5)52(44)30-47(42)56/h6-30,36,40,55-56H,1-5H3. The zero-order valence-corrected chi connectivity index (χ0v) is 35.8. The molecule has 5 aliphatic rings. The lowest BCUT2D eigenvalue weighted by Crippen LogP contribution is -2.18. The van der Waals surface area contributed by atoms with Gasteiger partial charge in [0, 0.05) is 34.1 Å². The van der Waals surface area contributed by atoms with Crippen LogP contribution in [-0.2, 0) is 17.0 Å². The second-order valence-electron chi connectivity index (χ2n) is 19.4. The van der Waals surface area contributed by atoms with Crippen LogP contribution in [0.4, 0.5) is 13.2 Å². The number of nitriles is 1. The number of nitrogens with zero attached hydrogens (tertiary/aromatic N) is 1. The number of alkyl halides is 3. The molecule has 0 aromatic heterocycles. The molecule has 0 bridgehead atoms. The lowest BCUT2D eigenvalue weighted by molar-refractivity contribution is -0.137. The Labute approximate surface area is 366 Å². The Morgan fingerprint density at radius 1 is 0.540 bits per heavy atom. The SMILES string of the molecule is Cc1cc(C2c3ccccc3-c3cc4c(cc32)C(C)(C)c2ccccc2-4)c(C#N)c(-c2cccc(C(F)(F)F)c2)c1C1c2cc3c(cc2C2C=CC=CC21)-c1ccccc1C3(C)C. The summed E-state index contributed by atoms with van der Waals surface area (Å²) in [5.74, 6) is -0.451. The summed E-state index contributed by atoms with van der Waals surface area (Å²) in [6, 6.07) is 45.8. The van der Waals surface area contributed by atoms with E-state index in [1.54, 1.807) is 6.07 Å². The highest BCUT2D eigenvalue weighted by Gasteiger charge is 2.47. The molecule has 7 aromatic carbocycles. The van der Waals surface area contributed by atoms with Crippen LogP contribution in [0.15, 0.2) is 152 Å². The molecule has 0 amide bonds. The molecule has 7 aromatic rings. The van der Waals surface area contributed by atoms with E-state index in [0.29, 0.717) is 16.7 Å². The number of hydrogen-bond donors (Lipinski definition) is 0. The van der Waals surface area contributed by atoms with Gasteiger partial charge in [-0.05, 0) is 137 Å². The van der Waals surface area contributed by atoms with Crippen molar-refractivity contribution in [2.75, 3.05) is 0 Å². The van der Waals surface area contributed by atoms with Crippen LogP contribution in [0, 0.1) is 24.2 Å². The van der Waals surface area contributed by atoms with Gasteiger partial charge in [-0.1, -0.05) is 155 Å². The summed E-state index contributed by atoms with van der Waals surface area (Å²) in [6.07, 6.45) is 4.22. The van der Waals surface area contributed by atoms with E-state index in [4.69, 9.17) is 0 Å². The van der Waals surface area contributed by atoms with Gasteiger partial charge in [0.2, 0.25) is 0 Å². The average Bonchev–Trinajstić information content (AvgIpc) is 3.93. The van der Waals surface area contributed by atoms with Gasteiger partial charge in [0.1, 0.15) is 6.07 Å². The lowest BCUT2D eigenvalue weighted by Gasteiger charge is -2.30. The van der Waals surface area contributed by atoms with Gasteiger partial charge in [0.15, 0.2) is 0 Å². The fourth-order valence-electron chi connectivity index (χ4n) is 12.6. The van der Waals surface area contributed by atoms with Crippen molar-refractivity contribution in [3.8, 4) is 50.6 Å². The van der Waals surface area contributed by atoms with Crippen LogP contribution in [0.3, 0.4) is 0 Å². The molecule has 0 radical (unpaired) electrons. The molecule has 63 heavy (non-hydrogen) atoms. The van der Waals surface area contributed by atoms with Gasteiger partial charge < -0.3 is 0 Å². The summed E-state index contributed by atoms with van der Waals surface area (Å²) in [5, 5.41) is 11.7. The molecule has 0 saturated carbocycles. The second-order valence-corrected chi connectivity index (χ2v) is 19.4. The first-order valence-corrected chi connectivity index (χ1v) is 22.0. The molecule has 0 saturated heterocycles. The van der Waals surface area contributed by atoms with Gasteiger partial charge in [0.05, 0.1) is 11.1 Å². The highest BCUT2D eigenvalue weighted by Crippen LogP contribution is 2.61. The summed E-state index contributed by atoms with van der Waals surface area (Å²) in [5.41, 5.74) is 19.9. The zero-order chi connectivity index (χ0) is 43.3. The fraction of sp³-hybridized carbons (Fsp3) is 0.203. The zero-order valence-electron chi connectivity index (χ0n) is 35.8. The topological polar surface area (TPSA) is 23.8 Å². The van der Waals surface area contributed by atoms with E-state index >= 15 is 0 Å². The fourth-order valence-corrected chi connectivity index (χ4v) is 12.6. The van der Waals surface area contributed by atoms with Gasteiger partial charge in [-0.2, -0.15) is 18.4 Å². The molecule has 4 atom stereocenters. The number of aryl methyl sites for hydroxylation is 1. The Bertz CT molecular complexity index is 3270. The maximum absolute atomic E-state index is 14.7. The molecule has 0 fully saturated rings. The first kappa shape index (κ1) is 38.0. The predicted octanol–water partition coefficient (Wildman–Crippen LogP) is 15.3. The van der Waals surface area contributed by atoms with Crippen molar-refractivity contribution in [2.45, 2.75) is 69.4 Å². The molecule has 306 valence electrons. The molecule has 5 aliphatic carbocycles. The van der Waals surface area contributed by atoms with Crippen molar-refractivity contribution >= 4 is 0 Å². The van der Waals surface area contributed by atoms with E-state index in [0.717, 1.165) is 45.0 Å². The van der Waals surface area contributed by atoms with Gasteiger partial charge >= 0.3 is 6.18 Å². The smallest absolute Gasteiger partial charge is 0.192 e. The summed E-state index contributed by atoms with van der Waals surface area (Å²) in [7, 11) is 0. The quantitative estimate of drug-likeness (QED) is 0.174. The van der Waals surface area contributed by atoms with E-state index in [1.165, 1.54) is 67.8 Å². The molecular formula is C59H44F3N. The highest BCUT2D eigenvalue weighted by atomic mass is 19.4. The van der Waals surface area contributed by atoms with Crippen LogP contribution in [0.1, 0.15) is 118 Å². The summed E-state index contributed by atoms with van der Waals surface area (Å²) < 4.78 is 44.2. The molecule has 0 aliphatic heterocycles. The van der Waals surface area contributed by atoms with E-state index in [2.05, 4.69) is 168 Å². The predicted molar refractivity (Wildman–Crippen MR) is 247 cm³/mol. The summed E-state index contributed by atoms with van der Waals surface area (Å²) in [4.78, 5) is 0. The molecule has 4 unspecified atom stereocenters. The first-order valence-electron chi connectivity index (χ1n) is 22.0. The summed E-state index contributed by atoms with van der Waals surface area (Å²) in [6.45, 7) is 11.3. The maximum Gasteiger partial charge on any atom is 0.416 e. The number of allylic oxidation sites excluding steroid dienone is 4. The Balaban J connectivity index is 1.14. The molecule has 12 rings (SSSR count). The van der Waals surface area contributed by atoms with E-state index < -0.39 is 11.7 Å². The van der Waals surface area contributed by atoms with Crippen LogP contribution < -0.4 is 0 Å². The number of halogens is 3. The summed E-state index contributed by atoms with van der Waals surface area (Å²) >= 11 is 0. The van der Waals surface area contributed by atoms with Gasteiger partial charge in [-0.3, -0.25) is 0 Å². The van der Waals surface area contributed by atoms with Crippen LogP contribution >= 0.6 is 0 Å². The van der Waals surface area contributed by atoms with Crippen molar-refractivity contribution in [1.29, 1.82) is 5.26 Å². The molecule has 0 N–H and O–H groups in total. The highest BCUT2D eigenvalue weighted by molar-refractivity contribution is 5.91. The minimum absolute atomic E-state index is 0.00547. The Hall–Kier alpha value is -6.70. The number of hydrogen-bond acceptors (Lipinski definition) is 1. The maximum atomic E-state index is 14.7. The van der Waals surface area contributed by atoms with Gasteiger partial charge in [-0.25, -0.2) is 0 Å². The van der Waals surface area contributed by atoms with Crippen molar-refractivity contribution in [3.63, 3.8) is 0 Å². The molecule has 1 nitrogen and oxygen atoms in total. The van der Waals surface area contributed by atoms with Crippen LogP contribution in [0.5, 0.6) is 0 Å². The van der Waals surface area contributed by atoms with E-state index in [9.17, 15) is 18.4 Å². The van der Waals surface area contributed by atoms with Crippen LogP contribution in [0.2, 0.25) is 0 Å². The number of fused-ring (bicyclic) bond motifs is 12. The van der Waals surface area contributed by atoms with E-state index in [1.807, 2.05) is 0 Å². The minimum atomic E-state index is -4.56. The average molecular weight is 824 g/mol. The Morgan fingerprint density at radius 2 is 1.16 bits per heavy atom. The van der Waals surface area contributed by atoms with Gasteiger partial charge in [0.25, 0.3) is 0 Å². The molecule has 0 spiro atoms. The molecule has 4 heteroatoms.